The van der Waals surface area contributed by atoms with Gasteiger partial charge in [-0.25, -0.2) is 4.98 Å². The molecule has 0 unspecified atom stereocenters. The van der Waals surface area contributed by atoms with Crippen LogP contribution >= 0.6 is 27.3 Å². The molecule has 0 saturated heterocycles. The third-order valence-electron chi connectivity index (χ3n) is 3.00. The molecule has 0 atom stereocenters. The van der Waals surface area contributed by atoms with E-state index in [-0.39, 0.29) is 5.91 Å². The normalized spacial score (nSPS) is 10.6. The Hall–Kier alpha value is -1.92. The number of nitrogens with zero attached hydrogens (tertiary/aromatic N) is 2. The summed E-state index contributed by atoms with van der Waals surface area (Å²) in [5, 5.41) is 5.78. The molecule has 106 valence electrons. The monoisotopic (exact) mass is 361 g/mol. The number of benzene rings is 1. The van der Waals surface area contributed by atoms with Crippen molar-refractivity contribution < 1.29 is 4.79 Å². The van der Waals surface area contributed by atoms with Crippen LogP contribution in [0, 0.1) is 0 Å². The molecular weight excluding hydrogens is 350 g/mol. The highest BCUT2D eigenvalue weighted by Gasteiger charge is 2.11. The zero-order valence-corrected chi connectivity index (χ0v) is 13.6. The van der Waals surface area contributed by atoms with Crippen LogP contribution in [0.5, 0.6) is 0 Å². The van der Waals surface area contributed by atoms with E-state index >= 15 is 0 Å². The first-order valence-corrected chi connectivity index (χ1v) is 7.94. The molecule has 21 heavy (non-hydrogen) atoms. The Morgan fingerprint density at radius 3 is 2.90 bits per heavy atom. The Bertz CT molecular complexity index is 780. The molecule has 0 spiro atoms. The van der Waals surface area contributed by atoms with Crippen molar-refractivity contribution in [1.82, 2.24) is 9.55 Å². The van der Waals surface area contributed by atoms with Gasteiger partial charge in [-0.3, -0.25) is 4.79 Å². The van der Waals surface area contributed by atoms with Gasteiger partial charge in [0.1, 0.15) is 10.7 Å². The molecule has 3 rings (SSSR count). The number of hydrogen-bond acceptors (Lipinski definition) is 3. The molecule has 0 radical (unpaired) electrons. The van der Waals surface area contributed by atoms with E-state index in [1.165, 1.54) is 0 Å². The van der Waals surface area contributed by atoms with Crippen LogP contribution in [0.3, 0.4) is 0 Å². The number of hydrogen-bond donors (Lipinski definition) is 1. The first kappa shape index (κ1) is 14.0. The van der Waals surface area contributed by atoms with Crippen molar-refractivity contribution in [3.8, 4) is 10.6 Å². The Morgan fingerprint density at radius 1 is 1.38 bits per heavy atom. The highest BCUT2D eigenvalue weighted by molar-refractivity contribution is 9.10. The van der Waals surface area contributed by atoms with E-state index in [1.807, 2.05) is 42.9 Å². The van der Waals surface area contributed by atoms with Crippen molar-refractivity contribution in [3.05, 3.63) is 58.3 Å². The quantitative estimate of drug-likeness (QED) is 0.760. The number of aryl methyl sites for hydroxylation is 1. The predicted molar refractivity (Wildman–Crippen MR) is 88.6 cm³/mol. The number of thiazole rings is 1. The topological polar surface area (TPSA) is 46.9 Å². The molecule has 1 amide bonds. The van der Waals surface area contributed by atoms with Gasteiger partial charge < -0.3 is 9.88 Å². The van der Waals surface area contributed by atoms with E-state index in [9.17, 15) is 4.79 Å². The van der Waals surface area contributed by atoms with Gasteiger partial charge in [0.25, 0.3) is 5.91 Å². The zero-order valence-electron chi connectivity index (χ0n) is 11.2. The molecule has 3 aromatic rings. The van der Waals surface area contributed by atoms with Gasteiger partial charge in [0.05, 0.1) is 0 Å². The summed E-state index contributed by atoms with van der Waals surface area (Å²) in [7, 11) is 1.84. The number of nitrogens with one attached hydrogen (secondary N) is 1. The molecule has 0 bridgehead atoms. The van der Waals surface area contributed by atoms with E-state index < -0.39 is 0 Å². The molecule has 0 aliphatic carbocycles. The van der Waals surface area contributed by atoms with Gasteiger partial charge in [0, 0.05) is 40.5 Å². The zero-order chi connectivity index (χ0) is 14.8. The summed E-state index contributed by atoms with van der Waals surface area (Å²) in [6, 6.07) is 9.47. The van der Waals surface area contributed by atoms with Gasteiger partial charge in [-0.15, -0.1) is 11.3 Å². The van der Waals surface area contributed by atoms with Crippen LogP contribution in [0.1, 0.15) is 10.5 Å². The summed E-state index contributed by atoms with van der Waals surface area (Å²) in [6.07, 6.45) is 3.62. The first-order valence-electron chi connectivity index (χ1n) is 6.26. The third-order valence-corrected chi connectivity index (χ3v) is 4.26. The highest BCUT2D eigenvalue weighted by atomic mass is 79.9. The molecule has 0 aliphatic rings. The second-order valence-electron chi connectivity index (χ2n) is 4.53. The molecule has 4 nitrogen and oxygen atoms in total. The number of halogens is 1. The lowest BCUT2D eigenvalue weighted by Gasteiger charge is -2.07. The van der Waals surface area contributed by atoms with Crippen molar-refractivity contribution in [3.63, 3.8) is 0 Å². The van der Waals surface area contributed by atoms with Crippen molar-refractivity contribution >= 4 is 38.9 Å². The predicted octanol–water partition coefficient (Wildman–Crippen LogP) is 4.16. The fourth-order valence-corrected chi connectivity index (χ4v) is 3.20. The lowest BCUT2D eigenvalue weighted by molar-refractivity contribution is 0.101. The largest absolute Gasteiger partial charge is 0.345 e. The van der Waals surface area contributed by atoms with Crippen LogP contribution < -0.4 is 5.32 Å². The number of carbonyl (C=O) groups excluding carboxylic acids is 1. The van der Waals surface area contributed by atoms with Crippen LogP contribution in [0.15, 0.2) is 52.6 Å². The maximum absolute atomic E-state index is 12.3. The number of anilines is 1. The summed E-state index contributed by atoms with van der Waals surface area (Å²) < 4.78 is 2.66. The Kier molecular flexibility index (Phi) is 3.90. The molecular formula is C15H12BrN3OS. The minimum Gasteiger partial charge on any atom is -0.345 e. The van der Waals surface area contributed by atoms with Crippen molar-refractivity contribution in [2.45, 2.75) is 0 Å². The van der Waals surface area contributed by atoms with E-state index in [1.54, 1.807) is 28.2 Å². The van der Waals surface area contributed by atoms with E-state index in [0.29, 0.717) is 5.69 Å². The second-order valence-corrected chi connectivity index (χ2v) is 6.34. The molecule has 2 heterocycles. The van der Waals surface area contributed by atoms with Crippen LogP contribution in [-0.4, -0.2) is 15.5 Å². The number of amides is 1. The van der Waals surface area contributed by atoms with Crippen molar-refractivity contribution in [1.29, 1.82) is 0 Å². The minimum atomic E-state index is -0.139. The summed E-state index contributed by atoms with van der Waals surface area (Å²) in [5.41, 5.74) is 2.35. The summed E-state index contributed by atoms with van der Waals surface area (Å²) in [4.78, 5) is 16.6. The van der Waals surface area contributed by atoms with Gasteiger partial charge in [-0.05, 0) is 34.1 Å². The number of aromatic nitrogens is 2. The van der Waals surface area contributed by atoms with Crippen LogP contribution in [0.4, 0.5) is 5.69 Å². The minimum absolute atomic E-state index is 0.139. The fourth-order valence-electron chi connectivity index (χ4n) is 2.04. The van der Waals surface area contributed by atoms with Gasteiger partial charge in [0.2, 0.25) is 0 Å². The molecule has 6 heteroatoms. The van der Waals surface area contributed by atoms with Crippen LogP contribution in [0.25, 0.3) is 10.6 Å². The molecule has 2 aromatic heterocycles. The van der Waals surface area contributed by atoms with E-state index in [2.05, 4.69) is 26.2 Å². The summed E-state index contributed by atoms with van der Waals surface area (Å²) in [5.74, 6) is -0.139. The Morgan fingerprint density at radius 2 is 2.24 bits per heavy atom. The third kappa shape index (κ3) is 3.06. The average molecular weight is 362 g/mol. The maximum Gasteiger partial charge on any atom is 0.272 e. The summed E-state index contributed by atoms with van der Waals surface area (Å²) >= 11 is 4.94. The van der Waals surface area contributed by atoms with E-state index in [4.69, 9.17) is 0 Å². The molecule has 0 fully saturated rings. The smallest absolute Gasteiger partial charge is 0.272 e. The van der Waals surface area contributed by atoms with Gasteiger partial charge in [-0.1, -0.05) is 12.1 Å². The Balaban J connectivity index is 1.84. The fraction of sp³-hybridized carbons (Fsp3) is 0.0667. The van der Waals surface area contributed by atoms with Crippen molar-refractivity contribution in [2.24, 2.45) is 7.05 Å². The molecule has 1 N–H and O–H groups in total. The first-order chi connectivity index (χ1) is 10.1. The molecule has 0 aliphatic heterocycles. The highest BCUT2D eigenvalue weighted by Crippen LogP contribution is 2.24. The average Bonchev–Trinajstić information content (AvgIpc) is 3.08. The standard InChI is InChI=1S/C15H12BrN3OS/c1-19-9-11(16)8-13(19)14(20)18-12-4-2-3-10(7-12)15-17-5-6-21-15/h2-9H,1H3,(H,18,20). The molecule has 1 aromatic carbocycles. The molecule has 0 saturated carbocycles. The number of rotatable bonds is 3. The second kappa shape index (κ2) is 5.83. The van der Waals surface area contributed by atoms with Crippen molar-refractivity contribution in [2.75, 3.05) is 5.32 Å². The van der Waals surface area contributed by atoms with Gasteiger partial charge in [0.15, 0.2) is 0 Å². The van der Waals surface area contributed by atoms with E-state index in [0.717, 1.165) is 20.7 Å². The Labute approximate surface area is 134 Å². The summed E-state index contributed by atoms with van der Waals surface area (Å²) in [6.45, 7) is 0. The van der Waals surface area contributed by atoms with Crippen LogP contribution in [0.2, 0.25) is 0 Å². The van der Waals surface area contributed by atoms with Gasteiger partial charge >= 0.3 is 0 Å². The maximum atomic E-state index is 12.3. The lowest BCUT2D eigenvalue weighted by atomic mass is 10.2. The van der Waals surface area contributed by atoms with Crippen LogP contribution in [-0.2, 0) is 7.05 Å². The number of carbonyl (C=O) groups is 1. The lowest BCUT2D eigenvalue weighted by Crippen LogP contribution is -2.15. The SMILES string of the molecule is Cn1cc(Br)cc1C(=O)Nc1cccc(-c2nccs2)c1. The van der Waals surface area contributed by atoms with Gasteiger partial charge in [-0.2, -0.15) is 0 Å².